The highest BCUT2D eigenvalue weighted by Crippen LogP contribution is 2.27. The number of amidine groups is 1. The lowest BCUT2D eigenvalue weighted by Gasteiger charge is -2.18. The number of hydrogen-bond acceptors (Lipinski definition) is 3. The molecule has 1 atom stereocenters. The van der Waals surface area contributed by atoms with E-state index in [1.807, 2.05) is 30.3 Å². The molecule has 1 aliphatic rings. The van der Waals surface area contributed by atoms with E-state index in [0.29, 0.717) is 6.04 Å². The van der Waals surface area contributed by atoms with Crippen LogP contribution >= 0.6 is 0 Å². The minimum atomic E-state index is 0.321. The highest BCUT2D eigenvalue weighted by molar-refractivity contribution is 5.82. The SMILES string of the molecule is CN1N=C(N)CC1c1ccccc1. The molecule has 13 heavy (non-hydrogen) atoms. The van der Waals surface area contributed by atoms with Crippen molar-refractivity contribution in [1.82, 2.24) is 5.01 Å². The van der Waals surface area contributed by atoms with Gasteiger partial charge in [-0.25, -0.2) is 0 Å². The Morgan fingerprint density at radius 1 is 1.38 bits per heavy atom. The zero-order chi connectivity index (χ0) is 9.26. The zero-order valence-electron chi connectivity index (χ0n) is 7.64. The lowest BCUT2D eigenvalue weighted by Crippen LogP contribution is -2.14. The van der Waals surface area contributed by atoms with Crippen LogP contribution in [0, 0.1) is 0 Å². The normalized spacial score (nSPS) is 21.8. The van der Waals surface area contributed by atoms with Crippen molar-refractivity contribution in [1.29, 1.82) is 0 Å². The maximum atomic E-state index is 5.66. The van der Waals surface area contributed by atoms with E-state index in [4.69, 9.17) is 5.73 Å². The van der Waals surface area contributed by atoms with Crippen LogP contribution in [0.15, 0.2) is 35.4 Å². The predicted octanol–water partition coefficient (Wildman–Crippen LogP) is 1.34. The summed E-state index contributed by atoms with van der Waals surface area (Å²) >= 11 is 0. The molecule has 1 aromatic carbocycles. The van der Waals surface area contributed by atoms with Crippen molar-refractivity contribution in [2.75, 3.05) is 7.05 Å². The van der Waals surface area contributed by atoms with Crippen molar-refractivity contribution in [2.45, 2.75) is 12.5 Å². The molecule has 2 N–H and O–H groups in total. The van der Waals surface area contributed by atoms with Crippen LogP contribution in [-0.4, -0.2) is 17.9 Å². The second-order valence-corrected chi connectivity index (χ2v) is 3.30. The third kappa shape index (κ3) is 1.49. The molecule has 0 bridgehead atoms. The van der Waals surface area contributed by atoms with Gasteiger partial charge in [0.05, 0.1) is 6.04 Å². The molecular weight excluding hydrogens is 162 g/mol. The fourth-order valence-electron chi connectivity index (χ4n) is 1.65. The largest absolute Gasteiger partial charge is 0.386 e. The van der Waals surface area contributed by atoms with Crippen molar-refractivity contribution < 1.29 is 0 Å². The number of nitrogens with zero attached hydrogens (tertiary/aromatic N) is 2. The lowest BCUT2D eigenvalue weighted by molar-refractivity contribution is 0.290. The first-order valence-electron chi connectivity index (χ1n) is 4.38. The second kappa shape index (κ2) is 3.09. The van der Waals surface area contributed by atoms with Crippen LogP contribution in [0.1, 0.15) is 18.0 Å². The van der Waals surface area contributed by atoms with Gasteiger partial charge >= 0.3 is 0 Å². The molecule has 3 heteroatoms. The smallest absolute Gasteiger partial charge is 0.122 e. The Kier molecular flexibility index (Phi) is 1.93. The summed E-state index contributed by atoms with van der Waals surface area (Å²) in [5.41, 5.74) is 6.93. The zero-order valence-corrected chi connectivity index (χ0v) is 7.64. The van der Waals surface area contributed by atoms with Crippen LogP contribution in [0.4, 0.5) is 0 Å². The number of hydrazone groups is 1. The summed E-state index contributed by atoms with van der Waals surface area (Å²) in [6.07, 6.45) is 0.834. The van der Waals surface area contributed by atoms with Gasteiger partial charge < -0.3 is 5.73 Å². The lowest BCUT2D eigenvalue weighted by atomic mass is 10.0. The Balaban J connectivity index is 2.21. The summed E-state index contributed by atoms with van der Waals surface area (Å²) in [5.74, 6) is 0.719. The first kappa shape index (κ1) is 8.10. The van der Waals surface area contributed by atoms with Gasteiger partial charge in [0.15, 0.2) is 0 Å². The summed E-state index contributed by atoms with van der Waals surface area (Å²) in [6.45, 7) is 0. The molecule has 1 aliphatic heterocycles. The molecule has 2 rings (SSSR count). The number of rotatable bonds is 1. The number of hydrogen-bond donors (Lipinski definition) is 1. The highest BCUT2D eigenvalue weighted by Gasteiger charge is 2.22. The first-order valence-corrected chi connectivity index (χ1v) is 4.38. The van der Waals surface area contributed by atoms with Crippen molar-refractivity contribution >= 4 is 5.84 Å². The molecule has 0 saturated carbocycles. The third-order valence-electron chi connectivity index (χ3n) is 2.32. The fraction of sp³-hybridized carbons (Fsp3) is 0.300. The Bertz CT molecular complexity index is 318. The van der Waals surface area contributed by atoms with Crippen LogP contribution < -0.4 is 5.73 Å². The van der Waals surface area contributed by atoms with E-state index in [9.17, 15) is 0 Å². The third-order valence-corrected chi connectivity index (χ3v) is 2.32. The van der Waals surface area contributed by atoms with Crippen LogP contribution in [0.5, 0.6) is 0 Å². The minimum absolute atomic E-state index is 0.321. The highest BCUT2D eigenvalue weighted by atomic mass is 15.5. The Morgan fingerprint density at radius 3 is 2.62 bits per heavy atom. The molecular formula is C10H13N3. The summed E-state index contributed by atoms with van der Waals surface area (Å²) in [4.78, 5) is 0. The second-order valence-electron chi connectivity index (χ2n) is 3.30. The van der Waals surface area contributed by atoms with E-state index in [1.54, 1.807) is 0 Å². The molecule has 0 fully saturated rings. The van der Waals surface area contributed by atoms with E-state index in [-0.39, 0.29) is 0 Å². The van der Waals surface area contributed by atoms with Gasteiger partial charge in [0.2, 0.25) is 0 Å². The van der Waals surface area contributed by atoms with E-state index in [2.05, 4.69) is 17.2 Å². The fourth-order valence-corrected chi connectivity index (χ4v) is 1.65. The molecule has 1 heterocycles. The molecule has 0 amide bonds. The maximum absolute atomic E-state index is 5.66. The van der Waals surface area contributed by atoms with Gasteiger partial charge in [0.25, 0.3) is 0 Å². The Morgan fingerprint density at radius 2 is 2.08 bits per heavy atom. The van der Waals surface area contributed by atoms with E-state index >= 15 is 0 Å². The average molecular weight is 175 g/mol. The molecule has 1 aromatic rings. The van der Waals surface area contributed by atoms with Gasteiger partial charge in [0.1, 0.15) is 5.84 Å². The van der Waals surface area contributed by atoms with Crippen molar-refractivity contribution in [3.63, 3.8) is 0 Å². The molecule has 0 saturated heterocycles. The quantitative estimate of drug-likeness (QED) is 0.699. The van der Waals surface area contributed by atoms with Gasteiger partial charge in [-0.15, -0.1) is 0 Å². The van der Waals surface area contributed by atoms with Crippen molar-refractivity contribution in [2.24, 2.45) is 10.8 Å². The van der Waals surface area contributed by atoms with Gasteiger partial charge in [0, 0.05) is 13.5 Å². The number of benzene rings is 1. The predicted molar refractivity (Wildman–Crippen MR) is 53.2 cm³/mol. The van der Waals surface area contributed by atoms with Gasteiger partial charge in [-0.05, 0) is 5.56 Å². The van der Waals surface area contributed by atoms with Crippen LogP contribution in [0.2, 0.25) is 0 Å². The number of nitrogens with two attached hydrogens (primary N) is 1. The molecule has 0 aliphatic carbocycles. The van der Waals surface area contributed by atoms with Crippen LogP contribution in [0.3, 0.4) is 0 Å². The maximum Gasteiger partial charge on any atom is 0.122 e. The van der Waals surface area contributed by atoms with Crippen molar-refractivity contribution in [3.05, 3.63) is 35.9 Å². The molecule has 1 unspecified atom stereocenters. The topological polar surface area (TPSA) is 41.6 Å². The Labute approximate surface area is 77.9 Å². The monoisotopic (exact) mass is 175 g/mol. The van der Waals surface area contributed by atoms with Crippen molar-refractivity contribution in [3.8, 4) is 0 Å². The van der Waals surface area contributed by atoms with E-state index < -0.39 is 0 Å². The minimum Gasteiger partial charge on any atom is -0.386 e. The summed E-state index contributed by atoms with van der Waals surface area (Å²) < 4.78 is 0. The van der Waals surface area contributed by atoms with Crippen LogP contribution in [-0.2, 0) is 0 Å². The molecule has 3 nitrogen and oxygen atoms in total. The van der Waals surface area contributed by atoms with Crippen LogP contribution in [0.25, 0.3) is 0 Å². The molecule has 0 aromatic heterocycles. The Hall–Kier alpha value is -1.51. The molecule has 0 spiro atoms. The molecule has 68 valence electrons. The average Bonchev–Trinajstić information content (AvgIpc) is 2.47. The first-order chi connectivity index (χ1) is 6.27. The van der Waals surface area contributed by atoms with Gasteiger partial charge in [-0.3, -0.25) is 5.01 Å². The van der Waals surface area contributed by atoms with E-state index in [0.717, 1.165) is 12.3 Å². The summed E-state index contributed by atoms with van der Waals surface area (Å²) in [7, 11) is 1.96. The summed E-state index contributed by atoms with van der Waals surface area (Å²) in [6, 6.07) is 10.6. The van der Waals surface area contributed by atoms with Gasteiger partial charge in [-0.2, -0.15) is 5.10 Å². The van der Waals surface area contributed by atoms with Gasteiger partial charge in [-0.1, -0.05) is 30.3 Å². The molecule has 0 radical (unpaired) electrons. The van der Waals surface area contributed by atoms with E-state index in [1.165, 1.54) is 5.56 Å². The summed E-state index contributed by atoms with van der Waals surface area (Å²) in [5, 5.41) is 6.10. The standard InChI is InChI=1S/C10H13N3/c1-13-9(7-10(11)12-13)8-5-3-2-4-6-8/h2-6,9H,7H2,1H3,(H2,11,12).